The van der Waals surface area contributed by atoms with E-state index in [0.29, 0.717) is 25.7 Å². The fourth-order valence-corrected chi connectivity index (χ4v) is 1.75. The molecule has 0 bridgehead atoms. The average molecular weight is 231 g/mol. The molecule has 0 aliphatic carbocycles. The van der Waals surface area contributed by atoms with Gasteiger partial charge in [0.25, 0.3) is 0 Å². The van der Waals surface area contributed by atoms with Gasteiger partial charge in [-0.3, -0.25) is 0 Å². The molecule has 1 fully saturated rings. The van der Waals surface area contributed by atoms with Gasteiger partial charge < -0.3 is 19.9 Å². The molecule has 1 aliphatic heterocycles. The molecule has 2 N–H and O–H groups in total. The summed E-state index contributed by atoms with van der Waals surface area (Å²) in [5.41, 5.74) is -0.769. The molecule has 1 heterocycles. The Morgan fingerprint density at radius 3 is 3.00 bits per heavy atom. The highest BCUT2D eigenvalue weighted by Crippen LogP contribution is 2.13. The third kappa shape index (κ3) is 5.80. The highest BCUT2D eigenvalue weighted by atomic mass is 16.5. The van der Waals surface area contributed by atoms with Gasteiger partial charge in [-0.1, -0.05) is 6.92 Å². The Morgan fingerprint density at radius 2 is 2.38 bits per heavy atom. The predicted molar refractivity (Wildman–Crippen MR) is 63.5 cm³/mol. The molecule has 0 aromatic carbocycles. The van der Waals surface area contributed by atoms with Crippen molar-refractivity contribution in [3.63, 3.8) is 0 Å². The monoisotopic (exact) mass is 231 g/mol. The maximum Gasteiger partial charge on any atom is 0.0975 e. The molecule has 1 saturated heterocycles. The zero-order valence-corrected chi connectivity index (χ0v) is 10.5. The molecule has 96 valence electrons. The van der Waals surface area contributed by atoms with Gasteiger partial charge in [-0.25, -0.2) is 0 Å². The first kappa shape index (κ1) is 13.9. The third-order valence-electron chi connectivity index (χ3n) is 2.72. The summed E-state index contributed by atoms with van der Waals surface area (Å²) < 4.78 is 10.8. The summed E-state index contributed by atoms with van der Waals surface area (Å²) in [6.07, 6.45) is 2.16. The lowest BCUT2D eigenvalue weighted by molar-refractivity contribution is -0.0412. The molecule has 16 heavy (non-hydrogen) atoms. The van der Waals surface area contributed by atoms with E-state index < -0.39 is 5.60 Å². The highest BCUT2D eigenvalue weighted by Gasteiger charge is 2.22. The average Bonchev–Trinajstić information content (AvgIpc) is 2.70. The number of rotatable bonds is 8. The highest BCUT2D eigenvalue weighted by molar-refractivity contribution is 4.75. The topological polar surface area (TPSA) is 50.7 Å². The van der Waals surface area contributed by atoms with Gasteiger partial charge in [0, 0.05) is 19.1 Å². The number of hydrogen-bond acceptors (Lipinski definition) is 4. The van der Waals surface area contributed by atoms with Gasteiger partial charge >= 0.3 is 0 Å². The summed E-state index contributed by atoms with van der Waals surface area (Å²) in [4.78, 5) is 0. The van der Waals surface area contributed by atoms with Gasteiger partial charge in [0.05, 0.1) is 25.4 Å². The van der Waals surface area contributed by atoms with Crippen LogP contribution in [0.1, 0.15) is 26.7 Å². The minimum atomic E-state index is -0.769. The molecule has 2 unspecified atom stereocenters. The zero-order valence-electron chi connectivity index (χ0n) is 10.5. The molecule has 4 nitrogen and oxygen atoms in total. The summed E-state index contributed by atoms with van der Waals surface area (Å²) >= 11 is 0. The first-order valence-electron chi connectivity index (χ1n) is 6.22. The van der Waals surface area contributed by atoms with Gasteiger partial charge in [-0.15, -0.1) is 0 Å². The minimum Gasteiger partial charge on any atom is -0.386 e. The number of nitrogens with one attached hydrogen (secondary N) is 1. The van der Waals surface area contributed by atoms with E-state index in [-0.39, 0.29) is 0 Å². The van der Waals surface area contributed by atoms with Crippen molar-refractivity contribution >= 4 is 0 Å². The van der Waals surface area contributed by atoms with Gasteiger partial charge in [0.1, 0.15) is 0 Å². The van der Waals surface area contributed by atoms with E-state index >= 15 is 0 Å². The van der Waals surface area contributed by atoms with E-state index in [1.165, 1.54) is 0 Å². The van der Waals surface area contributed by atoms with Crippen LogP contribution in [0.5, 0.6) is 0 Å². The Morgan fingerprint density at radius 1 is 1.56 bits per heavy atom. The van der Waals surface area contributed by atoms with Crippen molar-refractivity contribution in [1.82, 2.24) is 5.32 Å². The zero-order chi connectivity index (χ0) is 11.9. The lowest BCUT2D eigenvalue weighted by Gasteiger charge is -2.24. The van der Waals surface area contributed by atoms with Crippen molar-refractivity contribution in [2.45, 2.75) is 32.3 Å². The summed E-state index contributed by atoms with van der Waals surface area (Å²) in [5, 5.41) is 13.2. The molecule has 0 amide bonds. The molecule has 1 rings (SSSR count). The van der Waals surface area contributed by atoms with Crippen LogP contribution >= 0.6 is 0 Å². The fourth-order valence-electron chi connectivity index (χ4n) is 1.75. The van der Waals surface area contributed by atoms with E-state index in [9.17, 15) is 5.11 Å². The van der Waals surface area contributed by atoms with E-state index in [0.717, 1.165) is 32.6 Å². The molecule has 4 heteroatoms. The Kier molecular flexibility index (Phi) is 6.28. The Labute approximate surface area is 98.3 Å². The van der Waals surface area contributed by atoms with Crippen LogP contribution in [0.15, 0.2) is 0 Å². The molecule has 0 saturated carbocycles. The van der Waals surface area contributed by atoms with Gasteiger partial charge in [-0.05, 0) is 26.3 Å². The lowest BCUT2D eigenvalue weighted by Crippen LogP contribution is -2.42. The summed E-state index contributed by atoms with van der Waals surface area (Å²) in [7, 11) is 0. The van der Waals surface area contributed by atoms with Crippen LogP contribution in [0.3, 0.4) is 0 Å². The normalized spacial score (nSPS) is 24.6. The standard InChI is InChI=1S/C12H25NO3/c1-3-5-13-9-12(2,14)10-16-8-11-4-6-15-7-11/h11,13-14H,3-10H2,1-2H3. The van der Waals surface area contributed by atoms with Gasteiger partial charge in [-0.2, -0.15) is 0 Å². The summed E-state index contributed by atoms with van der Waals surface area (Å²) in [5.74, 6) is 0.513. The predicted octanol–water partition coefficient (Wildman–Crippen LogP) is 0.790. The maximum absolute atomic E-state index is 10.00. The van der Waals surface area contributed by atoms with Crippen LogP contribution in [0.2, 0.25) is 0 Å². The Balaban J connectivity index is 2.04. The van der Waals surface area contributed by atoms with Gasteiger partial charge in [0.2, 0.25) is 0 Å². The fraction of sp³-hybridized carbons (Fsp3) is 1.00. The first-order chi connectivity index (χ1) is 7.64. The Bertz CT molecular complexity index is 179. The van der Waals surface area contributed by atoms with Crippen LogP contribution in [0.25, 0.3) is 0 Å². The first-order valence-corrected chi connectivity index (χ1v) is 6.22. The third-order valence-corrected chi connectivity index (χ3v) is 2.72. The largest absolute Gasteiger partial charge is 0.386 e. The quantitative estimate of drug-likeness (QED) is 0.606. The molecule has 0 aromatic rings. The molecule has 1 aliphatic rings. The van der Waals surface area contributed by atoms with Crippen molar-refractivity contribution < 1.29 is 14.6 Å². The molecule has 0 radical (unpaired) electrons. The Hall–Kier alpha value is -0.160. The SMILES string of the molecule is CCCNCC(C)(O)COCC1CCOC1. The number of hydrogen-bond donors (Lipinski definition) is 2. The molecular formula is C12H25NO3. The molecular weight excluding hydrogens is 206 g/mol. The number of ether oxygens (including phenoxy) is 2. The summed E-state index contributed by atoms with van der Waals surface area (Å²) in [6, 6.07) is 0. The van der Waals surface area contributed by atoms with Crippen LogP contribution in [-0.4, -0.2) is 50.2 Å². The van der Waals surface area contributed by atoms with E-state index in [1.54, 1.807) is 6.92 Å². The van der Waals surface area contributed by atoms with Crippen molar-refractivity contribution in [2.75, 3.05) is 39.5 Å². The second kappa shape index (κ2) is 7.22. The molecule has 0 aromatic heterocycles. The second-order valence-corrected chi connectivity index (χ2v) is 4.92. The van der Waals surface area contributed by atoms with Crippen molar-refractivity contribution in [3.05, 3.63) is 0 Å². The van der Waals surface area contributed by atoms with Crippen molar-refractivity contribution in [3.8, 4) is 0 Å². The van der Waals surface area contributed by atoms with Crippen LogP contribution in [0, 0.1) is 5.92 Å². The molecule has 2 atom stereocenters. The van der Waals surface area contributed by atoms with Gasteiger partial charge in [0.15, 0.2) is 0 Å². The van der Waals surface area contributed by atoms with Crippen LogP contribution in [-0.2, 0) is 9.47 Å². The molecule has 0 spiro atoms. The van der Waals surface area contributed by atoms with Crippen molar-refractivity contribution in [1.29, 1.82) is 0 Å². The van der Waals surface area contributed by atoms with E-state index in [2.05, 4.69) is 12.2 Å². The van der Waals surface area contributed by atoms with E-state index in [1.807, 2.05) is 0 Å². The van der Waals surface area contributed by atoms with Crippen LogP contribution in [0.4, 0.5) is 0 Å². The van der Waals surface area contributed by atoms with Crippen LogP contribution < -0.4 is 5.32 Å². The minimum absolute atomic E-state index is 0.389. The number of aliphatic hydroxyl groups is 1. The summed E-state index contributed by atoms with van der Waals surface area (Å²) in [6.45, 7) is 8.18. The second-order valence-electron chi connectivity index (χ2n) is 4.92. The van der Waals surface area contributed by atoms with Crippen molar-refractivity contribution in [2.24, 2.45) is 5.92 Å². The smallest absolute Gasteiger partial charge is 0.0975 e. The maximum atomic E-state index is 10.00. The lowest BCUT2D eigenvalue weighted by atomic mass is 10.1. The van der Waals surface area contributed by atoms with E-state index in [4.69, 9.17) is 9.47 Å².